The van der Waals surface area contributed by atoms with Crippen LogP contribution in [0, 0.1) is 17.8 Å². The molecule has 3 rings (SSSR count). The summed E-state index contributed by atoms with van der Waals surface area (Å²) in [4.78, 5) is 22.6. The van der Waals surface area contributed by atoms with Crippen LogP contribution in [0.15, 0.2) is 22.8 Å². The number of hydrogen-bond donors (Lipinski definition) is 2. The average molecular weight is 282 g/mol. The molecule has 102 valence electrons. The minimum Gasteiger partial charge on any atom is -0.481 e. The summed E-state index contributed by atoms with van der Waals surface area (Å²) in [6, 6.07) is 3.59. The molecule has 0 amide bonds. The van der Waals surface area contributed by atoms with Gasteiger partial charge in [0.25, 0.3) is 0 Å². The quantitative estimate of drug-likeness (QED) is 0.859. The van der Waals surface area contributed by atoms with E-state index in [-0.39, 0.29) is 5.92 Å². The van der Waals surface area contributed by atoms with Crippen molar-refractivity contribution in [2.75, 3.05) is 0 Å². The standard InChI is InChI=1S/C13H14O5S/c14-11(15)9-4-3-8-10(12(16)17)13(8,9)19-6-7-2-1-5-18-7/h1-2,5,8-10H,3-4,6H2,(H,14,15)(H,16,17). The Labute approximate surface area is 114 Å². The van der Waals surface area contributed by atoms with E-state index in [0.29, 0.717) is 18.6 Å². The third kappa shape index (κ3) is 1.77. The van der Waals surface area contributed by atoms with Crippen molar-refractivity contribution in [3.63, 3.8) is 0 Å². The normalized spacial score (nSPS) is 35.9. The molecule has 0 radical (unpaired) electrons. The zero-order valence-electron chi connectivity index (χ0n) is 10.1. The van der Waals surface area contributed by atoms with Crippen molar-refractivity contribution in [3.8, 4) is 0 Å². The molecule has 2 N–H and O–H groups in total. The first kappa shape index (κ1) is 12.6. The van der Waals surface area contributed by atoms with E-state index in [0.717, 1.165) is 5.76 Å². The van der Waals surface area contributed by atoms with Gasteiger partial charge in [0, 0.05) is 4.75 Å². The second-order valence-electron chi connectivity index (χ2n) is 5.11. The second-order valence-corrected chi connectivity index (χ2v) is 6.40. The molecule has 2 aliphatic rings. The Morgan fingerprint density at radius 3 is 2.68 bits per heavy atom. The van der Waals surface area contributed by atoms with Gasteiger partial charge in [0.15, 0.2) is 0 Å². The van der Waals surface area contributed by atoms with Crippen LogP contribution in [0.25, 0.3) is 0 Å². The fraction of sp³-hybridized carbons (Fsp3) is 0.538. The van der Waals surface area contributed by atoms with Crippen LogP contribution >= 0.6 is 11.8 Å². The number of rotatable bonds is 5. The van der Waals surface area contributed by atoms with Crippen molar-refractivity contribution < 1.29 is 24.2 Å². The number of hydrogen-bond acceptors (Lipinski definition) is 4. The fourth-order valence-corrected chi connectivity index (χ4v) is 5.29. The van der Waals surface area contributed by atoms with Crippen LogP contribution < -0.4 is 0 Å². The van der Waals surface area contributed by atoms with Crippen molar-refractivity contribution in [3.05, 3.63) is 24.2 Å². The smallest absolute Gasteiger partial charge is 0.308 e. The number of furan rings is 1. The van der Waals surface area contributed by atoms with Crippen molar-refractivity contribution in [1.29, 1.82) is 0 Å². The second kappa shape index (κ2) is 4.30. The third-order valence-electron chi connectivity index (χ3n) is 4.28. The first-order valence-electron chi connectivity index (χ1n) is 6.19. The Kier molecular flexibility index (Phi) is 2.85. The molecule has 2 aliphatic carbocycles. The molecule has 2 saturated carbocycles. The molecule has 0 saturated heterocycles. The Hall–Kier alpha value is -1.43. The monoisotopic (exact) mass is 282 g/mol. The van der Waals surface area contributed by atoms with Gasteiger partial charge >= 0.3 is 11.9 Å². The topological polar surface area (TPSA) is 87.7 Å². The van der Waals surface area contributed by atoms with Gasteiger partial charge < -0.3 is 14.6 Å². The van der Waals surface area contributed by atoms with Crippen LogP contribution in [0.4, 0.5) is 0 Å². The first-order chi connectivity index (χ1) is 9.07. The number of thioether (sulfide) groups is 1. The van der Waals surface area contributed by atoms with E-state index in [4.69, 9.17) is 4.42 Å². The summed E-state index contributed by atoms with van der Waals surface area (Å²) in [5, 5.41) is 18.6. The van der Waals surface area contributed by atoms with E-state index >= 15 is 0 Å². The Bertz CT molecular complexity index is 511. The maximum Gasteiger partial charge on any atom is 0.308 e. The molecule has 1 aromatic heterocycles. The fourth-order valence-electron chi connectivity index (χ4n) is 3.46. The van der Waals surface area contributed by atoms with E-state index in [1.54, 1.807) is 12.3 Å². The summed E-state index contributed by atoms with van der Waals surface area (Å²) < 4.78 is 4.60. The van der Waals surface area contributed by atoms with Crippen LogP contribution in [0.2, 0.25) is 0 Å². The molecule has 6 heteroatoms. The lowest BCUT2D eigenvalue weighted by atomic mass is 10.00. The molecule has 2 fully saturated rings. The summed E-state index contributed by atoms with van der Waals surface area (Å²) in [7, 11) is 0. The van der Waals surface area contributed by atoms with Crippen molar-refractivity contribution >= 4 is 23.7 Å². The van der Waals surface area contributed by atoms with E-state index in [2.05, 4.69) is 0 Å². The molecule has 0 spiro atoms. The molecule has 0 aliphatic heterocycles. The third-order valence-corrected chi connectivity index (χ3v) is 6.05. The molecule has 0 aromatic carbocycles. The predicted molar refractivity (Wildman–Crippen MR) is 67.7 cm³/mol. The molecule has 4 atom stereocenters. The number of carboxylic acids is 2. The summed E-state index contributed by atoms with van der Waals surface area (Å²) in [6.45, 7) is 0. The van der Waals surface area contributed by atoms with Crippen LogP contribution in [-0.2, 0) is 15.3 Å². The minimum absolute atomic E-state index is 0.00828. The summed E-state index contributed by atoms with van der Waals surface area (Å²) in [5.41, 5.74) is 0. The van der Waals surface area contributed by atoms with Gasteiger partial charge in [-0.05, 0) is 30.9 Å². The van der Waals surface area contributed by atoms with E-state index in [1.165, 1.54) is 11.8 Å². The molecule has 5 nitrogen and oxygen atoms in total. The largest absolute Gasteiger partial charge is 0.481 e. The predicted octanol–water partition coefficient (Wildman–Crippen LogP) is 2.08. The molecular formula is C13H14O5S. The van der Waals surface area contributed by atoms with Crippen molar-refractivity contribution in [1.82, 2.24) is 0 Å². The molecule has 1 aromatic rings. The van der Waals surface area contributed by atoms with Gasteiger partial charge in [0.05, 0.1) is 23.9 Å². The average Bonchev–Trinajstić information content (AvgIpc) is 2.73. The van der Waals surface area contributed by atoms with Gasteiger partial charge in [0.1, 0.15) is 5.76 Å². The number of carboxylic acid groups (broad SMARTS) is 2. The Balaban J connectivity index is 1.80. The molecule has 19 heavy (non-hydrogen) atoms. The zero-order valence-corrected chi connectivity index (χ0v) is 10.9. The summed E-state index contributed by atoms with van der Waals surface area (Å²) in [5.74, 6) is -1.56. The van der Waals surface area contributed by atoms with Gasteiger partial charge in [-0.15, -0.1) is 11.8 Å². The van der Waals surface area contributed by atoms with E-state index < -0.39 is 28.5 Å². The molecule has 0 bridgehead atoms. The Morgan fingerprint density at radius 1 is 1.37 bits per heavy atom. The molecule has 1 heterocycles. The van der Waals surface area contributed by atoms with Gasteiger partial charge in [-0.3, -0.25) is 9.59 Å². The molecular weight excluding hydrogens is 268 g/mol. The van der Waals surface area contributed by atoms with Crippen LogP contribution in [0.1, 0.15) is 18.6 Å². The highest BCUT2D eigenvalue weighted by Crippen LogP contribution is 2.71. The summed E-state index contributed by atoms with van der Waals surface area (Å²) in [6.07, 6.45) is 2.84. The van der Waals surface area contributed by atoms with Crippen LogP contribution in [0.3, 0.4) is 0 Å². The van der Waals surface area contributed by atoms with Crippen molar-refractivity contribution in [2.45, 2.75) is 23.3 Å². The lowest BCUT2D eigenvalue weighted by Gasteiger charge is -2.20. The van der Waals surface area contributed by atoms with Gasteiger partial charge in [-0.1, -0.05) is 0 Å². The maximum atomic E-state index is 11.3. The lowest BCUT2D eigenvalue weighted by molar-refractivity contribution is -0.143. The van der Waals surface area contributed by atoms with E-state index in [9.17, 15) is 19.8 Å². The SMILES string of the molecule is O=C(O)C1CCC2C(C(=O)O)C12SCc1ccco1. The van der Waals surface area contributed by atoms with Crippen LogP contribution in [0.5, 0.6) is 0 Å². The number of carbonyl (C=O) groups is 2. The molecule has 4 unspecified atom stereocenters. The highest BCUT2D eigenvalue weighted by Gasteiger charge is 2.76. The van der Waals surface area contributed by atoms with Gasteiger partial charge in [0.2, 0.25) is 0 Å². The van der Waals surface area contributed by atoms with Crippen molar-refractivity contribution in [2.24, 2.45) is 17.8 Å². The maximum absolute atomic E-state index is 11.3. The summed E-state index contributed by atoms with van der Waals surface area (Å²) >= 11 is 1.44. The first-order valence-corrected chi connectivity index (χ1v) is 7.18. The highest BCUT2D eigenvalue weighted by molar-refractivity contribution is 8.00. The van der Waals surface area contributed by atoms with E-state index in [1.807, 2.05) is 6.07 Å². The van der Waals surface area contributed by atoms with Gasteiger partial charge in [-0.25, -0.2) is 0 Å². The van der Waals surface area contributed by atoms with Crippen LogP contribution in [-0.4, -0.2) is 26.9 Å². The minimum atomic E-state index is -0.877. The highest BCUT2D eigenvalue weighted by atomic mass is 32.2. The Morgan fingerprint density at radius 2 is 2.16 bits per heavy atom. The van der Waals surface area contributed by atoms with Gasteiger partial charge in [-0.2, -0.15) is 0 Å². The zero-order chi connectivity index (χ0) is 13.6. The number of fused-ring (bicyclic) bond motifs is 1. The number of aliphatic carboxylic acids is 2. The lowest BCUT2D eigenvalue weighted by Crippen LogP contribution is -2.29.